The summed E-state index contributed by atoms with van der Waals surface area (Å²) in [7, 11) is -2.52. The maximum absolute atomic E-state index is 11.6. The molecule has 0 saturated carbocycles. The fourth-order valence-electron chi connectivity index (χ4n) is 1.76. The summed E-state index contributed by atoms with van der Waals surface area (Å²) >= 11 is 0. The highest BCUT2D eigenvalue weighted by Crippen LogP contribution is 2.19. The van der Waals surface area contributed by atoms with E-state index in [0.717, 1.165) is 6.26 Å². The Morgan fingerprint density at radius 3 is 2.41 bits per heavy atom. The number of hydrogen-bond acceptors (Lipinski definition) is 9. The molecule has 1 heterocycles. The number of hydrogen-bond donors (Lipinski definition) is 6. The Hall–Kier alpha value is -0.630. The van der Waals surface area contributed by atoms with Gasteiger partial charge in [-0.3, -0.25) is 0 Å². The Balaban J connectivity index is 2.42. The number of ether oxygens (including phenoxy) is 1. The van der Waals surface area contributed by atoms with Crippen LogP contribution in [0.5, 0.6) is 0 Å². The molecule has 1 fully saturated rings. The first-order valence-corrected chi connectivity index (χ1v) is 9.74. The topological polar surface area (TPSA) is 165 Å². The van der Waals surface area contributed by atoms with Crippen LogP contribution in [0.2, 0.25) is 0 Å². The minimum absolute atomic E-state index is 0.0565. The van der Waals surface area contributed by atoms with Crippen LogP contribution >= 0.6 is 10.8 Å². The first-order valence-electron chi connectivity index (χ1n) is 6.35. The maximum Gasteiger partial charge on any atom is 0.316 e. The molecule has 6 N–H and O–H groups in total. The van der Waals surface area contributed by atoms with Crippen LogP contribution in [-0.4, -0.2) is 90.7 Å². The predicted molar refractivity (Wildman–Crippen MR) is 77.6 cm³/mol. The van der Waals surface area contributed by atoms with E-state index in [2.05, 4.69) is 10.6 Å². The third-order valence-electron chi connectivity index (χ3n) is 2.85. The Kier molecular flexibility index (Phi) is 7.31. The van der Waals surface area contributed by atoms with Crippen molar-refractivity contribution in [3.63, 3.8) is 0 Å². The summed E-state index contributed by atoms with van der Waals surface area (Å²) in [6.07, 6.45) is -6.06. The minimum atomic E-state index is -3.19. The van der Waals surface area contributed by atoms with Crippen molar-refractivity contribution in [2.24, 2.45) is 0 Å². The van der Waals surface area contributed by atoms with Gasteiger partial charge in [0.1, 0.15) is 24.4 Å². The quantitative estimate of drug-likeness (QED) is 0.211. The van der Waals surface area contributed by atoms with Gasteiger partial charge in [0, 0.05) is 18.6 Å². The third kappa shape index (κ3) is 5.87. The van der Waals surface area contributed by atoms with Crippen LogP contribution in [0.15, 0.2) is 0 Å². The van der Waals surface area contributed by atoms with E-state index in [1.165, 1.54) is 0 Å². The van der Waals surface area contributed by atoms with Gasteiger partial charge in [-0.1, -0.05) is 0 Å². The summed E-state index contributed by atoms with van der Waals surface area (Å²) in [5.74, 6) is 0.140. The van der Waals surface area contributed by atoms with Crippen LogP contribution in [0.1, 0.15) is 0 Å². The third-order valence-corrected chi connectivity index (χ3v) is 5.43. The van der Waals surface area contributed by atoms with E-state index in [1.807, 2.05) is 0 Å². The van der Waals surface area contributed by atoms with Crippen molar-refractivity contribution >= 4 is 25.7 Å². The average Bonchev–Trinajstić information content (AvgIpc) is 2.43. The summed E-state index contributed by atoms with van der Waals surface area (Å²) in [4.78, 5) is 11.6. The molecule has 1 saturated heterocycles. The van der Waals surface area contributed by atoms with E-state index in [4.69, 9.17) is 9.84 Å². The fourth-order valence-corrected chi connectivity index (χ4v) is 3.41. The molecule has 0 bridgehead atoms. The van der Waals surface area contributed by atoms with Crippen LogP contribution in [0.3, 0.4) is 0 Å². The summed E-state index contributed by atoms with van der Waals surface area (Å²) in [5, 5.41) is 42.4. The molecule has 0 radical (unpaired) electrons. The lowest BCUT2D eigenvalue weighted by atomic mass is 9.98. The second kappa shape index (κ2) is 8.29. The molecule has 12 heteroatoms. The molecule has 22 heavy (non-hydrogen) atoms. The molecule has 0 aromatic rings. The van der Waals surface area contributed by atoms with Gasteiger partial charge >= 0.3 is 6.03 Å². The van der Waals surface area contributed by atoms with Crippen molar-refractivity contribution in [1.29, 1.82) is 0 Å². The Morgan fingerprint density at radius 2 is 1.86 bits per heavy atom. The molecule has 0 spiro atoms. The van der Waals surface area contributed by atoms with E-state index in [0.29, 0.717) is 10.8 Å². The number of rotatable bonds is 6. The Labute approximate surface area is 131 Å². The molecular formula is C10H20N2O8S2. The van der Waals surface area contributed by atoms with Gasteiger partial charge < -0.3 is 35.8 Å². The van der Waals surface area contributed by atoms with Gasteiger partial charge in [0.15, 0.2) is 15.1 Å². The van der Waals surface area contributed by atoms with E-state index < -0.39 is 52.2 Å². The van der Waals surface area contributed by atoms with E-state index in [1.54, 1.807) is 0 Å². The number of urea groups is 1. The number of carbonyl (C=O) groups excluding carboxylic acids is 1. The molecule has 10 nitrogen and oxygen atoms in total. The Morgan fingerprint density at radius 1 is 1.23 bits per heavy atom. The predicted octanol–water partition coefficient (Wildman–Crippen LogP) is -3.22. The van der Waals surface area contributed by atoms with Crippen LogP contribution in [0.25, 0.3) is 0 Å². The number of nitrogens with one attached hydrogen (secondary N) is 2. The molecule has 0 aromatic heterocycles. The molecule has 0 unspecified atom stereocenters. The first kappa shape index (κ1) is 19.4. The van der Waals surface area contributed by atoms with Crippen molar-refractivity contribution in [3.8, 4) is 0 Å². The maximum atomic E-state index is 11.6. The van der Waals surface area contributed by atoms with E-state index in [9.17, 15) is 28.5 Å². The van der Waals surface area contributed by atoms with Crippen molar-refractivity contribution in [3.05, 3.63) is 0 Å². The van der Waals surface area contributed by atoms with Gasteiger partial charge in [-0.05, 0) is 10.8 Å². The van der Waals surface area contributed by atoms with Gasteiger partial charge in [0.05, 0.1) is 6.61 Å². The zero-order valence-corrected chi connectivity index (χ0v) is 13.4. The molecule has 1 rings (SSSR count). The average molecular weight is 360 g/mol. The first-order chi connectivity index (χ1) is 10.2. The molecule has 2 amide bonds. The van der Waals surface area contributed by atoms with Gasteiger partial charge in [-0.25, -0.2) is 13.2 Å². The lowest BCUT2D eigenvalue weighted by Gasteiger charge is -2.40. The number of aliphatic hydroxyl groups excluding tert-OH is 4. The molecule has 0 aliphatic carbocycles. The highest BCUT2D eigenvalue weighted by atomic mass is 33.1. The molecule has 1 aliphatic rings. The zero-order valence-electron chi connectivity index (χ0n) is 11.7. The van der Waals surface area contributed by atoms with Crippen molar-refractivity contribution in [2.75, 3.05) is 25.2 Å². The van der Waals surface area contributed by atoms with Gasteiger partial charge in [-0.15, -0.1) is 0 Å². The lowest BCUT2D eigenvalue weighted by molar-refractivity contribution is -0.233. The summed E-state index contributed by atoms with van der Waals surface area (Å²) in [6, 6.07) is -0.751. The summed E-state index contributed by atoms with van der Waals surface area (Å²) < 4.78 is 26.8. The van der Waals surface area contributed by atoms with Gasteiger partial charge in [0.2, 0.25) is 0 Å². The van der Waals surface area contributed by atoms with Crippen LogP contribution < -0.4 is 10.6 Å². The molecule has 130 valence electrons. The second-order valence-electron chi connectivity index (χ2n) is 4.68. The van der Waals surface area contributed by atoms with Gasteiger partial charge in [-0.2, -0.15) is 0 Å². The molecule has 0 aromatic carbocycles. The van der Waals surface area contributed by atoms with E-state index in [-0.39, 0.29) is 12.3 Å². The van der Waals surface area contributed by atoms with Crippen LogP contribution in [0, 0.1) is 0 Å². The largest absolute Gasteiger partial charge is 0.394 e. The van der Waals surface area contributed by atoms with Crippen LogP contribution in [0.4, 0.5) is 4.79 Å². The molecular weight excluding hydrogens is 340 g/mol. The molecule has 5 atom stereocenters. The summed E-state index contributed by atoms with van der Waals surface area (Å²) in [5.41, 5.74) is 0. The minimum Gasteiger partial charge on any atom is -0.394 e. The van der Waals surface area contributed by atoms with Crippen molar-refractivity contribution in [2.45, 2.75) is 30.6 Å². The Bertz CT molecular complexity index is 472. The SMILES string of the molecule is CS(=O)(=O)SCCNC(=O)N[C@@H]1O[C@H](CO)[C@H](O)[C@H](O)[C@H]1O. The highest BCUT2D eigenvalue weighted by molar-refractivity contribution is 8.71. The molecule has 1 aliphatic heterocycles. The van der Waals surface area contributed by atoms with Crippen molar-refractivity contribution in [1.82, 2.24) is 10.6 Å². The number of carbonyl (C=O) groups is 1. The second-order valence-corrected chi connectivity index (χ2v) is 9.25. The van der Waals surface area contributed by atoms with E-state index >= 15 is 0 Å². The summed E-state index contributed by atoms with van der Waals surface area (Å²) in [6.45, 7) is -0.545. The number of amides is 2. The zero-order chi connectivity index (χ0) is 16.9. The van der Waals surface area contributed by atoms with Crippen LogP contribution in [-0.2, 0) is 13.6 Å². The lowest BCUT2D eigenvalue weighted by Crippen LogP contribution is -2.64. The highest BCUT2D eigenvalue weighted by Gasteiger charge is 2.43. The standard InChI is InChI=1S/C10H20N2O8S2/c1-22(18,19)21-3-2-11-10(17)12-9-8(16)7(15)6(14)5(4-13)20-9/h5-9,13-16H,2-4H2,1H3,(H2,11,12,17)/t5-,6+,7+,8-,9-/m1/s1. The monoisotopic (exact) mass is 360 g/mol. The van der Waals surface area contributed by atoms with Gasteiger partial charge in [0.25, 0.3) is 0 Å². The smallest absolute Gasteiger partial charge is 0.316 e. The normalized spacial score (nSPS) is 32.5. The number of aliphatic hydroxyl groups is 4. The van der Waals surface area contributed by atoms with Crippen molar-refractivity contribution < 1.29 is 38.4 Å². The fraction of sp³-hybridized carbons (Fsp3) is 0.900.